The Kier molecular flexibility index (Phi) is 14.6. The van der Waals surface area contributed by atoms with Gasteiger partial charge < -0.3 is 30.1 Å². The van der Waals surface area contributed by atoms with Crippen LogP contribution >= 0.6 is 0 Å². The lowest BCUT2D eigenvalue weighted by atomic mass is 9.94. The second kappa shape index (κ2) is 17.6. The fourth-order valence-electron chi connectivity index (χ4n) is 5.23. The molecule has 0 aromatic heterocycles. The predicted molar refractivity (Wildman–Crippen MR) is 178 cm³/mol. The normalized spacial score (nSPS) is 13.3. The number of alkyl carbamates (subject to hydrolysis) is 1. The van der Waals surface area contributed by atoms with E-state index in [-0.39, 0.29) is 31.7 Å². The fourth-order valence-corrected chi connectivity index (χ4v) is 5.23. The van der Waals surface area contributed by atoms with Crippen molar-refractivity contribution in [2.75, 3.05) is 13.2 Å². The summed E-state index contributed by atoms with van der Waals surface area (Å²) in [7, 11) is 0. The first kappa shape index (κ1) is 38.1. The molecular weight excluding hydrogens is 586 g/mol. The average molecular weight is 640 g/mol. The summed E-state index contributed by atoms with van der Waals surface area (Å²) >= 11 is 0. The van der Waals surface area contributed by atoms with Gasteiger partial charge in [-0.05, 0) is 90.5 Å². The Labute approximate surface area is 274 Å². The molecule has 10 heteroatoms. The number of rotatable bonds is 15. The molecule has 0 saturated heterocycles. The van der Waals surface area contributed by atoms with Crippen LogP contribution in [-0.4, -0.2) is 64.7 Å². The first-order valence-corrected chi connectivity index (χ1v) is 16.1. The Morgan fingerprint density at radius 3 is 2.09 bits per heavy atom. The molecule has 3 N–H and O–H groups in total. The van der Waals surface area contributed by atoms with Crippen LogP contribution in [0.15, 0.2) is 42.5 Å². The molecule has 0 radical (unpaired) electrons. The van der Waals surface area contributed by atoms with E-state index in [1.165, 1.54) is 12.1 Å². The number of nitrogens with one attached hydrogen (secondary N) is 2. The fraction of sp³-hybridized carbons (Fsp3) is 0.556. The standard InChI is InChI=1S/C36H53N3O7/c1-10-45-31(41)17-18-37-33(42)32(28-20-24(4)19-25(5)21-28)39(26(6)12-11-23(2)3)34(43)30(38-35(44)46-36(7,8)9)22-27-13-15-29(40)16-14-27/h13-16,19-21,23,26,30,32,40H,10-12,17-18,22H2,1-9H3,(H,37,42)(H,38,44). The van der Waals surface area contributed by atoms with Crippen molar-refractivity contribution in [3.05, 3.63) is 64.7 Å². The smallest absolute Gasteiger partial charge is 0.408 e. The van der Waals surface area contributed by atoms with E-state index >= 15 is 0 Å². The van der Waals surface area contributed by atoms with Crippen LogP contribution in [0.5, 0.6) is 5.75 Å². The summed E-state index contributed by atoms with van der Waals surface area (Å²) in [5.74, 6) is -0.908. The highest BCUT2D eigenvalue weighted by Gasteiger charge is 2.39. The summed E-state index contributed by atoms with van der Waals surface area (Å²) in [6.07, 6.45) is 0.729. The number of phenolic OH excluding ortho intramolecular Hbond substituents is 1. The molecule has 3 atom stereocenters. The largest absolute Gasteiger partial charge is 0.508 e. The first-order valence-electron chi connectivity index (χ1n) is 16.1. The van der Waals surface area contributed by atoms with E-state index in [2.05, 4.69) is 24.5 Å². The highest BCUT2D eigenvalue weighted by molar-refractivity contribution is 5.92. The van der Waals surface area contributed by atoms with Crippen LogP contribution in [0.2, 0.25) is 0 Å². The number of ether oxygens (including phenoxy) is 2. The van der Waals surface area contributed by atoms with Crippen LogP contribution in [0, 0.1) is 19.8 Å². The van der Waals surface area contributed by atoms with E-state index in [0.29, 0.717) is 23.5 Å². The number of carbonyl (C=O) groups excluding carboxylic acids is 4. The highest BCUT2D eigenvalue weighted by atomic mass is 16.6. The molecular formula is C36H53N3O7. The van der Waals surface area contributed by atoms with E-state index in [4.69, 9.17) is 9.47 Å². The predicted octanol–water partition coefficient (Wildman–Crippen LogP) is 5.91. The third kappa shape index (κ3) is 12.7. The summed E-state index contributed by atoms with van der Waals surface area (Å²) in [5, 5.41) is 15.5. The summed E-state index contributed by atoms with van der Waals surface area (Å²) in [4.78, 5) is 55.6. The zero-order valence-electron chi connectivity index (χ0n) is 28.9. The molecule has 0 heterocycles. The van der Waals surface area contributed by atoms with E-state index in [9.17, 15) is 24.3 Å². The van der Waals surface area contributed by atoms with Crippen molar-refractivity contribution in [2.45, 2.75) is 112 Å². The topological polar surface area (TPSA) is 134 Å². The molecule has 254 valence electrons. The number of esters is 1. The van der Waals surface area contributed by atoms with Gasteiger partial charge in [0.15, 0.2) is 0 Å². The van der Waals surface area contributed by atoms with Crippen molar-refractivity contribution in [2.24, 2.45) is 5.92 Å². The highest BCUT2D eigenvalue weighted by Crippen LogP contribution is 2.29. The summed E-state index contributed by atoms with van der Waals surface area (Å²) in [5.41, 5.74) is 2.37. The number of aromatic hydroxyl groups is 1. The van der Waals surface area contributed by atoms with Crippen LogP contribution in [0.3, 0.4) is 0 Å². The Balaban J connectivity index is 2.66. The minimum absolute atomic E-state index is 0.0142. The molecule has 2 rings (SSSR count). The Hall–Kier alpha value is -4.08. The molecule has 0 aliphatic carbocycles. The first-order chi connectivity index (χ1) is 21.5. The quantitative estimate of drug-likeness (QED) is 0.206. The molecule has 0 fully saturated rings. The van der Waals surface area contributed by atoms with Crippen molar-refractivity contribution < 1.29 is 33.8 Å². The van der Waals surface area contributed by atoms with Crippen molar-refractivity contribution in [3.63, 3.8) is 0 Å². The van der Waals surface area contributed by atoms with Crippen LogP contribution in [0.4, 0.5) is 4.79 Å². The SMILES string of the molecule is CCOC(=O)CCNC(=O)C(c1cc(C)cc(C)c1)N(C(=O)C(Cc1ccc(O)cc1)NC(=O)OC(C)(C)C)C(C)CCC(C)C. The lowest BCUT2D eigenvalue weighted by Crippen LogP contribution is -2.56. The van der Waals surface area contributed by atoms with Gasteiger partial charge in [-0.1, -0.05) is 55.3 Å². The molecule has 46 heavy (non-hydrogen) atoms. The molecule has 0 aliphatic rings. The number of aryl methyl sites for hydroxylation is 2. The monoisotopic (exact) mass is 639 g/mol. The number of phenols is 1. The molecule has 2 aromatic rings. The zero-order valence-corrected chi connectivity index (χ0v) is 28.9. The maximum atomic E-state index is 14.8. The Morgan fingerprint density at radius 1 is 0.935 bits per heavy atom. The lowest BCUT2D eigenvalue weighted by Gasteiger charge is -2.39. The van der Waals surface area contributed by atoms with Gasteiger partial charge in [-0.3, -0.25) is 14.4 Å². The second-order valence-corrected chi connectivity index (χ2v) is 13.3. The molecule has 0 saturated carbocycles. The van der Waals surface area contributed by atoms with E-state index in [1.807, 2.05) is 39.0 Å². The van der Waals surface area contributed by atoms with Crippen LogP contribution < -0.4 is 10.6 Å². The van der Waals surface area contributed by atoms with Gasteiger partial charge in [-0.25, -0.2) is 4.79 Å². The third-order valence-electron chi connectivity index (χ3n) is 7.28. The van der Waals surface area contributed by atoms with Gasteiger partial charge in [0, 0.05) is 19.0 Å². The van der Waals surface area contributed by atoms with Gasteiger partial charge >= 0.3 is 12.1 Å². The number of amides is 3. The third-order valence-corrected chi connectivity index (χ3v) is 7.28. The van der Waals surface area contributed by atoms with Crippen LogP contribution in [0.25, 0.3) is 0 Å². The average Bonchev–Trinajstić information content (AvgIpc) is 2.93. The number of hydrogen-bond acceptors (Lipinski definition) is 7. The van der Waals surface area contributed by atoms with Gasteiger partial charge in [0.2, 0.25) is 11.8 Å². The van der Waals surface area contributed by atoms with E-state index < -0.39 is 47.6 Å². The molecule has 10 nitrogen and oxygen atoms in total. The number of nitrogens with zero attached hydrogens (tertiary/aromatic N) is 1. The Bertz CT molecular complexity index is 1300. The molecule has 0 aliphatic heterocycles. The van der Waals surface area contributed by atoms with Gasteiger partial charge in [-0.2, -0.15) is 0 Å². The molecule has 2 aromatic carbocycles. The minimum atomic E-state index is -1.10. The second-order valence-electron chi connectivity index (χ2n) is 13.3. The number of carbonyl (C=O) groups is 4. The van der Waals surface area contributed by atoms with Gasteiger partial charge in [0.25, 0.3) is 0 Å². The molecule has 3 unspecified atom stereocenters. The van der Waals surface area contributed by atoms with Gasteiger partial charge in [0.1, 0.15) is 23.4 Å². The maximum absolute atomic E-state index is 14.8. The van der Waals surface area contributed by atoms with Gasteiger partial charge in [0.05, 0.1) is 13.0 Å². The molecule has 3 amide bonds. The molecule has 0 bridgehead atoms. The van der Waals surface area contributed by atoms with Crippen molar-refractivity contribution >= 4 is 23.9 Å². The zero-order chi connectivity index (χ0) is 34.6. The van der Waals surface area contributed by atoms with Crippen LogP contribution in [0.1, 0.15) is 96.0 Å². The van der Waals surface area contributed by atoms with E-state index in [1.54, 1.807) is 44.7 Å². The van der Waals surface area contributed by atoms with Crippen molar-refractivity contribution in [1.29, 1.82) is 0 Å². The van der Waals surface area contributed by atoms with Gasteiger partial charge in [-0.15, -0.1) is 0 Å². The van der Waals surface area contributed by atoms with E-state index in [0.717, 1.165) is 17.5 Å². The maximum Gasteiger partial charge on any atom is 0.408 e. The summed E-state index contributed by atoms with van der Waals surface area (Å²) in [6, 6.07) is 9.60. The van der Waals surface area contributed by atoms with Crippen molar-refractivity contribution in [1.82, 2.24) is 15.5 Å². The Morgan fingerprint density at radius 2 is 1.54 bits per heavy atom. The molecule has 0 spiro atoms. The summed E-state index contributed by atoms with van der Waals surface area (Å²) in [6.45, 7) is 17.2. The number of hydrogen-bond donors (Lipinski definition) is 3. The minimum Gasteiger partial charge on any atom is -0.508 e. The number of benzene rings is 2. The van der Waals surface area contributed by atoms with Crippen molar-refractivity contribution in [3.8, 4) is 5.75 Å². The lowest BCUT2D eigenvalue weighted by molar-refractivity contribution is -0.146. The van der Waals surface area contributed by atoms with Crippen LogP contribution in [-0.2, 0) is 30.3 Å². The summed E-state index contributed by atoms with van der Waals surface area (Å²) < 4.78 is 10.6.